The summed E-state index contributed by atoms with van der Waals surface area (Å²) in [5, 5.41) is 14.2. The summed E-state index contributed by atoms with van der Waals surface area (Å²) in [6, 6.07) is 6.87. The first kappa shape index (κ1) is 20.5. The summed E-state index contributed by atoms with van der Waals surface area (Å²) < 4.78 is 25.5. The zero-order valence-corrected chi connectivity index (χ0v) is 17.6. The minimum Gasteiger partial charge on any atom is -0.493 e. The zero-order valence-electron chi connectivity index (χ0n) is 16.9. The average Bonchev–Trinajstić information content (AvgIpc) is 3.12. The number of aromatic nitrogens is 1. The number of halogens is 2. The number of hydrogen-bond acceptors (Lipinski definition) is 4. The van der Waals surface area contributed by atoms with Crippen LogP contribution in [0.15, 0.2) is 24.3 Å². The highest BCUT2D eigenvalue weighted by Gasteiger charge is 2.46. The molecule has 3 aromatic rings. The van der Waals surface area contributed by atoms with E-state index in [9.17, 15) is 14.3 Å². The first-order chi connectivity index (χ1) is 14.3. The molecule has 8 heteroatoms. The highest BCUT2D eigenvalue weighted by molar-refractivity contribution is 6.33. The van der Waals surface area contributed by atoms with Gasteiger partial charge in [0.05, 0.1) is 24.9 Å². The van der Waals surface area contributed by atoms with Crippen LogP contribution in [0.4, 0.5) is 4.39 Å². The zero-order chi connectivity index (χ0) is 21.6. The maximum absolute atomic E-state index is 14.9. The number of H-pyrrole nitrogens is 1. The first-order valence-electron chi connectivity index (χ1n) is 9.52. The van der Waals surface area contributed by atoms with Crippen LogP contribution in [0.25, 0.3) is 10.9 Å². The van der Waals surface area contributed by atoms with E-state index in [1.54, 1.807) is 31.2 Å². The smallest absolute Gasteiger partial charge is 0.330 e. The van der Waals surface area contributed by atoms with Crippen LogP contribution in [0.3, 0.4) is 0 Å². The van der Waals surface area contributed by atoms with E-state index in [0.29, 0.717) is 57.8 Å². The van der Waals surface area contributed by atoms with Crippen LogP contribution in [0, 0.1) is 12.7 Å². The van der Waals surface area contributed by atoms with E-state index in [2.05, 4.69) is 10.3 Å². The van der Waals surface area contributed by atoms with Crippen LogP contribution in [-0.2, 0) is 23.2 Å². The van der Waals surface area contributed by atoms with Crippen molar-refractivity contribution in [2.75, 3.05) is 20.8 Å². The quantitative estimate of drug-likeness (QED) is 0.568. The van der Waals surface area contributed by atoms with Gasteiger partial charge in [-0.15, -0.1) is 0 Å². The molecule has 1 unspecified atom stereocenters. The summed E-state index contributed by atoms with van der Waals surface area (Å²) in [5.41, 5.74) is 1.32. The second-order valence-electron chi connectivity index (χ2n) is 7.44. The van der Waals surface area contributed by atoms with Gasteiger partial charge < -0.3 is 19.6 Å². The number of methoxy groups -OCH3 is 2. The highest BCUT2D eigenvalue weighted by Crippen LogP contribution is 2.42. The molecule has 0 radical (unpaired) electrons. The number of rotatable bonds is 5. The molecule has 2 heterocycles. The topological polar surface area (TPSA) is 83.6 Å². The Balaban J connectivity index is 1.91. The molecule has 0 saturated heterocycles. The minimum atomic E-state index is -1.49. The van der Waals surface area contributed by atoms with Crippen LogP contribution in [0.5, 0.6) is 11.5 Å². The van der Waals surface area contributed by atoms with Crippen molar-refractivity contribution in [2.45, 2.75) is 25.3 Å². The standard InChI is InChI=1S/C22H22ClFN2O4/c1-11-4-6-14-16(18(11)24)13-8-9-25-22(21(27)28,20(13)26-14)10-12-5-7-15(29-2)19(30-3)17(12)23/h4-7,25-26H,8-10H2,1-3H3,(H,27,28). The molecule has 1 aliphatic heterocycles. The molecule has 0 fully saturated rings. The molecule has 0 saturated carbocycles. The Labute approximate surface area is 177 Å². The third-order valence-electron chi connectivity index (χ3n) is 5.81. The second-order valence-corrected chi connectivity index (χ2v) is 7.81. The molecule has 1 atom stereocenters. The summed E-state index contributed by atoms with van der Waals surface area (Å²) in [5.74, 6) is -0.601. The van der Waals surface area contributed by atoms with Gasteiger partial charge in [0, 0.05) is 23.9 Å². The lowest BCUT2D eigenvalue weighted by Gasteiger charge is -2.35. The second kappa shape index (κ2) is 7.49. The van der Waals surface area contributed by atoms with E-state index >= 15 is 0 Å². The molecule has 30 heavy (non-hydrogen) atoms. The predicted octanol–water partition coefficient (Wildman–Crippen LogP) is 3.95. The number of carboxylic acid groups (broad SMARTS) is 1. The van der Waals surface area contributed by atoms with Crippen molar-refractivity contribution in [3.8, 4) is 11.5 Å². The Morgan fingerprint density at radius 2 is 2.03 bits per heavy atom. The van der Waals surface area contributed by atoms with Crippen molar-refractivity contribution in [3.05, 3.63) is 57.5 Å². The average molecular weight is 433 g/mol. The number of hydrogen-bond donors (Lipinski definition) is 3. The van der Waals surface area contributed by atoms with E-state index < -0.39 is 11.5 Å². The van der Waals surface area contributed by atoms with Gasteiger partial charge in [0.25, 0.3) is 0 Å². The fourth-order valence-electron chi connectivity index (χ4n) is 4.28. The van der Waals surface area contributed by atoms with E-state index in [4.69, 9.17) is 21.1 Å². The van der Waals surface area contributed by atoms with Gasteiger partial charge in [-0.05, 0) is 42.2 Å². The fraction of sp³-hybridized carbons (Fsp3) is 0.318. The van der Waals surface area contributed by atoms with Gasteiger partial charge in [0.2, 0.25) is 0 Å². The molecule has 1 aromatic heterocycles. The van der Waals surface area contributed by atoms with Crippen molar-refractivity contribution < 1.29 is 23.8 Å². The lowest BCUT2D eigenvalue weighted by molar-refractivity contribution is -0.145. The Morgan fingerprint density at radius 3 is 2.70 bits per heavy atom. The SMILES string of the molecule is COc1ccc(CC2(C(=O)O)NCCc3c2[nH]c2ccc(C)c(F)c32)c(Cl)c1OC. The monoisotopic (exact) mass is 432 g/mol. The van der Waals surface area contributed by atoms with Gasteiger partial charge in [-0.1, -0.05) is 23.7 Å². The molecule has 6 nitrogen and oxygen atoms in total. The van der Waals surface area contributed by atoms with Crippen molar-refractivity contribution in [1.29, 1.82) is 0 Å². The number of ether oxygens (including phenoxy) is 2. The van der Waals surface area contributed by atoms with E-state index in [1.165, 1.54) is 14.2 Å². The van der Waals surface area contributed by atoms with E-state index in [1.807, 2.05) is 0 Å². The van der Waals surface area contributed by atoms with Crippen molar-refractivity contribution in [3.63, 3.8) is 0 Å². The van der Waals surface area contributed by atoms with Crippen LogP contribution < -0.4 is 14.8 Å². The maximum Gasteiger partial charge on any atom is 0.330 e. The van der Waals surface area contributed by atoms with Crippen LogP contribution in [-0.4, -0.2) is 36.8 Å². The molecule has 0 amide bonds. The summed E-state index contributed by atoms with van der Waals surface area (Å²) in [7, 11) is 2.98. The minimum absolute atomic E-state index is 0.0436. The summed E-state index contributed by atoms with van der Waals surface area (Å²) in [4.78, 5) is 15.8. The molecule has 0 aliphatic carbocycles. The third kappa shape index (κ3) is 2.92. The lowest BCUT2D eigenvalue weighted by atomic mass is 9.81. The number of carboxylic acids is 1. The Morgan fingerprint density at radius 1 is 1.27 bits per heavy atom. The van der Waals surface area contributed by atoms with Gasteiger partial charge >= 0.3 is 5.97 Å². The first-order valence-corrected chi connectivity index (χ1v) is 9.89. The molecule has 1 aliphatic rings. The predicted molar refractivity (Wildman–Crippen MR) is 112 cm³/mol. The summed E-state index contributed by atoms with van der Waals surface area (Å²) >= 11 is 6.53. The number of carbonyl (C=O) groups is 1. The largest absolute Gasteiger partial charge is 0.493 e. The maximum atomic E-state index is 14.9. The Kier molecular flexibility index (Phi) is 5.11. The molecular weight excluding hydrogens is 411 g/mol. The fourth-order valence-corrected chi connectivity index (χ4v) is 4.58. The molecule has 2 aromatic carbocycles. The summed E-state index contributed by atoms with van der Waals surface area (Å²) in [6.07, 6.45) is 0.562. The van der Waals surface area contributed by atoms with Gasteiger partial charge in [-0.2, -0.15) is 0 Å². The number of benzene rings is 2. The van der Waals surface area contributed by atoms with Crippen LogP contribution in [0.1, 0.15) is 22.4 Å². The molecule has 0 spiro atoms. The third-order valence-corrected chi connectivity index (χ3v) is 6.23. The van der Waals surface area contributed by atoms with Crippen LogP contribution >= 0.6 is 11.6 Å². The lowest BCUT2D eigenvalue weighted by Crippen LogP contribution is -2.54. The molecule has 158 valence electrons. The molecule has 0 bridgehead atoms. The number of nitrogens with one attached hydrogen (secondary N) is 2. The molecule has 3 N–H and O–H groups in total. The van der Waals surface area contributed by atoms with Crippen LogP contribution in [0.2, 0.25) is 5.02 Å². The van der Waals surface area contributed by atoms with Gasteiger partial charge in [0.15, 0.2) is 17.0 Å². The highest BCUT2D eigenvalue weighted by atomic mass is 35.5. The van der Waals surface area contributed by atoms with Crippen molar-refractivity contribution >= 4 is 28.5 Å². The van der Waals surface area contributed by atoms with E-state index in [0.717, 1.165) is 0 Å². The van der Waals surface area contributed by atoms with Crippen molar-refractivity contribution in [2.24, 2.45) is 0 Å². The number of aryl methyl sites for hydroxylation is 1. The number of aromatic amines is 1. The normalized spacial score (nSPS) is 18.3. The molecule has 4 rings (SSSR count). The molecular formula is C22H22ClFN2O4. The Bertz CT molecular complexity index is 1160. The number of fused-ring (bicyclic) bond motifs is 3. The Hall–Kier alpha value is -2.77. The van der Waals surface area contributed by atoms with Gasteiger partial charge in [-0.3, -0.25) is 5.32 Å². The summed E-state index contributed by atoms with van der Waals surface area (Å²) in [6.45, 7) is 2.09. The van der Waals surface area contributed by atoms with E-state index in [-0.39, 0.29) is 17.3 Å². The van der Waals surface area contributed by atoms with Crippen molar-refractivity contribution in [1.82, 2.24) is 10.3 Å². The van der Waals surface area contributed by atoms with Gasteiger partial charge in [0.1, 0.15) is 5.82 Å². The van der Waals surface area contributed by atoms with Gasteiger partial charge in [-0.25, -0.2) is 9.18 Å². The number of aliphatic carboxylic acids is 1.